The molecular formula is C20H15N3O2S. The van der Waals surface area contributed by atoms with Crippen LogP contribution in [0.2, 0.25) is 0 Å². The minimum Gasteiger partial charge on any atom is -0.456 e. The number of pyridine rings is 1. The van der Waals surface area contributed by atoms with Gasteiger partial charge in [-0.1, -0.05) is 17.4 Å². The van der Waals surface area contributed by atoms with E-state index in [0.29, 0.717) is 22.2 Å². The summed E-state index contributed by atoms with van der Waals surface area (Å²) in [6, 6.07) is 16.6. The quantitative estimate of drug-likeness (QED) is 0.553. The number of amides is 1. The third-order valence-corrected chi connectivity index (χ3v) is 4.68. The summed E-state index contributed by atoms with van der Waals surface area (Å²) in [4.78, 5) is 20.9. The Hall–Kier alpha value is -3.25. The molecule has 2 heterocycles. The van der Waals surface area contributed by atoms with Gasteiger partial charge in [-0.2, -0.15) is 0 Å². The number of thiazole rings is 1. The van der Waals surface area contributed by atoms with Crippen molar-refractivity contribution in [3.63, 3.8) is 0 Å². The van der Waals surface area contributed by atoms with Gasteiger partial charge in [-0.15, -0.1) is 0 Å². The van der Waals surface area contributed by atoms with E-state index in [9.17, 15) is 4.79 Å². The molecule has 0 aliphatic heterocycles. The second kappa shape index (κ2) is 6.93. The highest BCUT2D eigenvalue weighted by molar-refractivity contribution is 7.22. The molecular weight excluding hydrogens is 346 g/mol. The molecule has 0 bridgehead atoms. The predicted octanol–water partition coefficient (Wildman–Crippen LogP) is 5.04. The summed E-state index contributed by atoms with van der Waals surface area (Å²) in [5.41, 5.74) is 2.60. The second-order valence-electron chi connectivity index (χ2n) is 5.76. The van der Waals surface area contributed by atoms with Gasteiger partial charge in [0.1, 0.15) is 11.5 Å². The number of fused-ring (bicyclic) bond motifs is 1. The molecule has 6 heteroatoms. The fraction of sp³-hybridized carbons (Fsp3) is 0.0500. The number of anilines is 1. The van der Waals surface area contributed by atoms with Gasteiger partial charge in [-0.3, -0.25) is 15.1 Å². The lowest BCUT2D eigenvalue weighted by atomic mass is 10.2. The van der Waals surface area contributed by atoms with Crippen molar-refractivity contribution in [3.05, 3.63) is 78.1 Å². The highest BCUT2D eigenvalue weighted by atomic mass is 32.1. The lowest BCUT2D eigenvalue weighted by Gasteiger charge is -2.06. The number of nitrogens with one attached hydrogen (secondary N) is 1. The first-order valence-electron chi connectivity index (χ1n) is 8.04. The Bertz CT molecular complexity index is 1060. The highest BCUT2D eigenvalue weighted by Crippen LogP contribution is 2.27. The number of carbonyl (C=O) groups is 1. The fourth-order valence-corrected chi connectivity index (χ4v) is 3.43. The SMILES string of the molecule is Cc1ccc2nc(NC(=O)c3ccc(Oc4cccnc4)cc3)sc2c1. The molecule has 0 saturated heterocycles. The van der Waals surface area contributed by atoms with Gasteiger partial charge in [0.2, 0.25) is 0 Å². The number of hydrogen-bond donors (Lipinski definition) is 1. The number of carbonyl (C=O) groups excluding carboxylic acids is 1. The van der Waals surface area contributed by atoms with E-state index in [0.717, 1.165) is 10.2 Å². The number of hydrogen-bond acceptors (Lipinski definition) is 5. The van der Waals surface area contributed by atoms with E-state index in [1.165, 1.54) is 16.9 Å². The van der Waals surface area contributed by atoms with E-state index in [-0.39, 0.29) is 5.91 Å². The van der Waals surface area contributed by atoms with Crippen molar-refractivity contribution in [1.82, 2.24) is 9.97 Å². The first-order chi connectivity index (χ1) is 12.7. The molecule has 128 valence electrons. The van der Waals surface area contributed by atoms with Crippen molar-refractivity contribution in [3.8, 4) is 11.5 Å². The number of aryl methyl sites for hydroxylation is 1. The van der Waals surface area contributed by atoms with Crippen molar-refractivity contribution >= 4 is 32.6 Å². The molecule has 1 amide bonds. The standard InChI is InChI=1S/C20H15N3O2S/c1-13-4-9-17-18(11-13)26-20(22-17)23-19(24)14-5-7-15(8-6-14)25-16-3-2-10-21-12-16/h2-12H,1H3,(H,22,23,24). The zero-order valence-corrected chi connectivity index (χ0v) is 14.8. The highest BCUT2D eigenvalue weighted by Gasteiger charge is 2.10. The Kier molecular flexibility index (Phi) is 4.33. The monoisotopic (exact) mass is 361 g/mol. The Labute approximate surface area is 154 Å². The lowest BCUT2D eigenvalue weighted by molar-refractivity contribution is 0.102. The van der Waals surface area contributed by atoms with Crippen LogP contribution in [0.1, 0.15) is 15.9 Å². The van der Waals surface area contributed by atoms with Crippen LogP contribution < -0.4 is 10.1 Å². The molecule has 5 nitrogen and oxygen atoms in total. The summed E-state index contributed by atoms with van der Waals surface area (Å²) < 4.78 is 6.73. The Morgan fingerprint density at radius 3 is 2.69 bits per heavy atom. The maximum Gasteiger partial charge on any atom is 0.257 e. The first kappa shape index (κ1) is 16.2. The van der Waals surface area contributed by atoms with Crippen LogP contribution in [0.5, 0.6) is 11.5 Å². The zero-order chi connectivity index (χ0) is 17.9. The Morgan fingerprint density at radius 2 is 1.92 bits per heavy atom. The predicted molar refractivity (Wildman–Crippen MR) is 103 cm³/mol. The molecule has 0 fully saturated rings. The summed E-state index contributed by atoms with van der Waals surface area (Å²) in [6.07, 6.45) is 3.32. The number of aromatic nitrogens is 2. The molecule has 0 radical (unpaired) electrons. The lowest BCUT2D eigenvalue weighted by Crippen LogP contribution is -2.11. The average Bonchev–Trinajstić information content (AvgIpc) is 3.04. The molecule has 1 N–H and O–H groups in total. The maximum absolute atomic E-state index is 12.4. The summed E-state index contributed by atoms with van der Waals surface area (Å²) in [5, 5.41) is 3.44. The molecule has 4 rings (SSSR count). The Balaban J connectivity index is 1.47. The van der Waals surface area contributed by atoms with Gasteiger partial charge in [0.05, 0.1) is 16.4 Å². The number of ether oxygens (including phenoxy) is 1. The van der Waals surface area contributed by atoms with E-state index in [1.54, 1.807) is 42.7 Å². The minimum absolute atomic E-state index is 0.200. The molecule has 0 aliphatic rings. The summed E-state index contributed by atoms with van der Waals surface area (Å²) in [5.74, 6) is 1.09. The van der Waals surface area contributed by atoms with Crippen LogP contribution in [0.3, 0.4) is 0 Å². The van der Waals surface area contributed by atoms with Gasteiger partial charge in [-0.05, 0) is 61.0 Å². The van der Waals surface area contributed by atoms with Crippen molar-refractivity contribution in [2.75, 3.05) is 5.32 Å². The molecule has 26 heavy (non-hydrogen) atoms. The molecule has 0 unspecified atom stereocenters. The third kappa shape index (κ3) is 3.55. The number of benzene rings is 2. The summed E-state index contributed by atoms with van der Waals surface area (Å²) in [6.45, 7) is 2.03. The molecule has 2 aromatic heterocycles. The van der Waals surface area contributed by atoms with Crippen LogP contribution in [-0.4, -0.2) is 15.9 Å². The van der Waals surface area contributed by atoms with Crippen LogP contribution in [0.25, 0.3) is 10.2 Å². The van der Waals surface area contributed by atoms with Crippen molar-refractivity contribution in [2.45, 2.75) is 6.92 Å². The van der Waals surface area contributed by atoms with Gasteiger partial charge < -0.3 is 4.74 Å². The number of nitrogens with zero attached hydrogens (tertiary/aromatic N) is 2. The molecule has 0 atom stereocenters. The Morgan fingerprint density at radius 1 is 1.08 bits per heavy atom. The van der Waals surface area contributed by atoms with Gasteiger partial charge in [0, 0.05) is 11.8 Å². The average molecular weight is 361 g/mol. The number of rotatable bonds is 4. The van der Waals surface area contributed by atoms with Crippen LogP contribution in [0.15, 0.2) is 67.0 Å². The zero-order valence-electron chi connectivity index (χ0n) is 14.0. The topological polar surface area (TPSA) is 64.1 Å². The molecule has 2 aromatic carbocycles. The van der Waals surface area contributed by atoms with E-state index >= 15 is 0 Å². The van der Waals surface area contributed by atoms with Crippen molar-refractivity contribution in [2.24, 2.45) is 0 Å². The van der Waals surface area contributed by atoms with E-state index in [2.05, 4.69) is 21.4 Å². The summed E-state index contributed by atoms with van der Waals surface area (Å²) >= 11 is 1.46. The van der Waals surface area contributed by atoms with Crippen molar-refractivity contribution in [1.29, 1.82) is 0 Å². The fourth-order valence-electron chi connectivity index (χ4n) is 2.47. The molecule has 0 spiro atoms. The maximum atomic E-state index is 12.4. The van der Waals surface area contributed by atoms with Crippen LogP contribution in [-0.2, 0) is 0 Å². The third-order valence-electron chi connectivity index (χ3n) is 3.75. The van der Waals surface area contributed by atoms with Crippen LogP contribution >= 0.6 is 11.3 Å². The van der Waals surface area contributed by atoms with Crippen LogP contribution in [0, 0.1) is 6.92 Å². The van der Waals surface area contributed by atoms with E-state index in [1.807, 2.05) is 25.1 Å². The van der Waals surface area contributed by atoms with E-state index < -0.39 is 0 Å². The first-order valence-corrected chi connectivity index (χ1v) is 8.85. The largest absolute Gasteiger partial charge is 0.456 e. The van der Waals surface area contributed by atoms with Crippen LogP contribution in [0.4, 0.5) is 5.13 Å². The van der Waals surface area contributed by atoms with E-state index in [4.69, 9.17) is 4.74 Å². The normalized spacial score (nSPS) is 10.7. The van der Waals surface area contributed by atoms with Crippen molar-refractivity contribution < 1.29 is 9.53 Å². The van der Waals surface area contributed by atoms with Gasteiger partial charge >= 0.3 is 0 Å². The summed E-state index contributed by atoms with van der Waals surface area (Å²) in [7, 11) is 0. The van der Waals surface area contributed by atoms with Gasteiger partial charge in [0.15, 0.2) is 5.13 Å². The minimum atomic E-state index is -0.200. The smallest absolute Gasteiger partial charge is 0.257 e. The molecule has 4 aromatic rings. The second-order valence-corrected chi connectivity index (χ2v) is 6.79. The van der Waals surface area contributed by atoms with Gasteiger partial charge in [-0.25, -0.2) is 4.98 Å². The molecule has 0 aliphatic carbocycles. The van der Waals surface area contributed by atoms with Gasteiger partial charge in [0.25, 0.3) is 5.91 Å². The molecule has 0 saturated carbocycles.